The topological polar surface area (TPSA) is 25.2 Å². The molecule has 0 fully saturated rings. The fourth-order valence-corrected chi connectivity index (χ4v) is 1.61. The van der Waals surface area contributed by atoms with E-state index >= 15 is 0 Å². The first-order chi connectivity index (χ1) is 7.75. The van der Waals surface area contributed by atoms with Crippen molar-refractivity contribution in [1.82, 2.24) is 0 Å². The molecule has 0 unspecified atom stereocenters. The maximum atomic E-state index is 5.27. The van der Waals surface area contributed by atoms with Gasteiger partial charge >= 0.3 is 0 Å². The average Bonchev–Trinajstić information content (AvgIpc) is 2.79. The third-order valence-electron chi connectivity index (χ3n) is 2.60. The van der Waals surface area contributed by atoms with Gasteiger partial charge in [-0.2, -0.15) is 0 Å². The number of furan rings is 1. The normalized spacial score (nSPS) is 10.7. The first kappa shape index (κ1) is 10.8. The highest BCUT2D eigenvalue weighted by Gasteiger charge is 2.00. The van der Waals surface area contributed by atoms with Crippen LogP contribution in [0, 0.1) is 0 Å². The van der Waals surface area contributed by atoms with Gasteiger partial charge in [-0.15, -0.1) is 0 Å². The Hall–Kier alpha value is -1.70. The van der Waals surface area contributed by atoms with Crippen molar-refractivity contribution in [2.45, 2.75) is 26.3 Å². The summed E-state index contributed by atoms with van der Waals surface area (Å²) in [4.78, 5) is 0. The van der Waals surface area contributed by atoms with E-state index in [4.69, 9.17) is 4.42 Å². The number of rotatable bonds is 4. The molecule has 0 amide bonds. The summed E-state index contributed by atoms with van der Waals surface area (Å²) in [5.74, 6) is 1.51. The molecule has 1 aromatic carbocycles. The van der Waals surface area contributed by atoms with Crippen molar-refractivity contribution in [2.75, 3.05) is 5.32 Å². The van der Waals surface area contributed by atoms with E-state index in [2.05, 4.69) is 43.4 Å². The highest BCUT2D eigenvalue weighted by molar-refractivity contribution is 5.46. The molecule has 84 valence electrons. The molecular weight excluding hydrogens is 198 g/mol. The van der Waals surface area contributed by atoms with E-state index in [1.807, 2.05) is 12.1 Å². The highest BCUT2D eigenvalue weighted by Crippen LogP contribution is 2.19. The molecule has 0 aliphatic carbocycles. The van der Waals surface area contributed by atoms with Crippen LogP contribution in [0.25, 0.3) is 0 Å². The van der Waals surface area contributed by atoms with Gasteiger partial charge in [0.2, 0.25) is 0 Å². The van der Waals surface area contributed by atoms with Crippen molar-refractivity contribution in [3.05, 3.63) is 54.0 Å². The van der Waals surface area contributed by atoms with E-state index in [1.54, 1.807) is 6.26 Å². The van der Waals surface area contributed by atoms with E-state index in [0.717, 1.165) is 18.0 Å². The zero-order chi connectivity index (χ0) is 11.4. The van der Waals surface area contributed by atoms with Crippen LogP contribution >= 0.6 is 0 Å². The molecule has 16 heavy (non-hydrogen) atoms. The zero-order valence-corrected chi connectivity index (χ0v) is 9.73. The van der Waals surface area contributed by atoms with Crippen LogP contribution in [-0.2, 0) is 6.54 Å². The molecule has 0 spiro atoms. The molecule has 0 atom stereocenters. The first-order valence-electron chi connectivity index (χ1n) is 5.62. The predicted octanol–water partition coefficient (Wildman–Crippen LogP) is 4.02. The minimum atomic E-state index is 0.561. The van der Waals surface area contributed by atoms with Gasteiger partial charge < -0.3 is 9.73 Å². The lowest BCUT2D eigenvalue weighted by Gasteiger charge is -2.09. The minimum Gasteiger partial charge on any atom is -0.467 e. The summed E-state index contributed by atoms with van der Waals surface area (Å²) in [6, 6.07) is 12.4. The van der Waals surface area contributed by atoms with E-state index in [0.29, 0.717) is 5.92 Å². The number of hydrogen-bond donors (Lipinski definition) is 1. The molecule has 0 aliphatic rings. The van der Waals surface area contributed by atoms with Gasteiger partial charge in [0.1, 0.15) is 5.76 Å². The zero-order valence-electron chi connectivity index (χ0n) is 9.73. The van der Waals surface area contributed by atoms with Crippen LogP contribution in [0.3, 0.4) is 0 Å². The van der Waals surface area contributed by atoms with Crippen molar-refractivity contribution in [3.63, 3.8) is 0 Å². The lowest BCUT2D eigenvalue weighted by Crippen LogP contribution is -1.99. The Morgan fingerprint density at radius 1 is 1.19 bits per heavy atom. The summed E-state index contributed by atoms with van der Waals surface area (Å²) in [6.45, 7) is 5.13. The lowest BCUT2D eigenvalue weighted by atomic mass is 10.0. The standard InChI is InChI=1S/C14H17NO/c1-11(2)12-5-3-6-13(9-12)15-10-14-7-4-8-16-14/h3-9,11,15H,10H2,1-2H3. The molecule has 1 heterocycles. The van der Waals surface area contributed by atoms with Gasteiger partial charge in [-0.1, -0.05) is 26.0 Å². The van der Waals surface area contributed by atoms with Crippen LogP contribution in [0.15, 0.2) is 47.1 Å². The molecule has 0 bridgehead atoms. The Kier molecular flexibility index (Phi) is 3.30. The molecule has 2 rings (SSSR count). The van der Waals surface area contributed by atoms with Crippen molar-refractivity contribution in [2.24, 2.45) is 0 Å². The molecule has 2 heteroatoms. The average molecular weight is 215 g/mol. The fourth-order valence-electron chi connectivity index (χ4n) is 1.61. The number of nitrogens with one attached hydrogen (secondary N) is 1. The first-order valence-corrected chi connectivity index (χ1v) is 5.62. The van der Waals surface area contributed by atoms with Gasteiger partial charge in [-0.25, -0.2) is 0 Å². The second kappa shape index (κ2) is 4.88. The van der Waals surface area contributed by atoms with E-state index in [9.17, 15) is 0 Å². The van der Waals surface area contributed by atoms with Gasteiger partial charge in [0, 0.05) is 5.69 Å². The van der Waals surface area contributed by atoms with Crippen LogP contribution in [-0.4, -0.2) is 0 Å². The van der Waals surface area contributed by atoms with Gasteiger partial charge in [-0.05, 0) is 35.7 Å². The Morgan fingerprint density at radius 2 is 2.06 bits per heavy atom. The molecule has 0 radical (unpaired) electrons. The summed E-state index contributed by atoms with van der Waals surface area (Å²) in [5.41, 5.74) is 2.49. The third-order valence-corrected chi connectivity index (χ3v) is 2.60. The van der Waals surface area contributed by atoms with Crippen molar-refractivity contribution in [1.29, 1.82) is 0 Å². The Labute approximate surface area is 96.3 Å². The lowest BCUT2D eigenvalue weighted by molar-refractivity contribution is 0.518. The van der Waals surface area contributed by atoms with Crippen LogP contribution in [0.5, 0.6) is 0 Å². The Morgan fingerprint density at radius 3 is 2.75 bits per heavy atom. The number of hydrogen-bond acceptors (Lipinski definition) is 2. The highest BCUT2D eigenvalue weighted by atomic mass is 16.3. The minimum absolute atomic E-state index is 0.561. The Bertz CT molecular complexity index is 432. The quantitative estimate of drug-likeness (QED) is 0.833. The second-order valence-electron chi connectivity index (χ2n) is 4.21. The SMILES string of the molecule is CC(C)c1cccc(NCc2ccco2)c1. The third kappa shape index (κ3) is 2.66. The predicted molar refractivity (Wildman–Crippen MR) is 66.6 cm³/mol. The van der Waals surface area contributed by atoms with Gasteiger partial charge in [0.25, 0.3) is 0 Å². The molecule has 2 nitrogen and oxygen atoms in total. The van der Waals surface area contributed by atoms with Crippen LogP contribution < -0.4 is 5.32 Å². The Balaban J connectivity index is 2.01. The summed E-state index contributed by atoms with van der Waals surface area (Å²) in [6.07, 6.45) is 1.70. The van der Waals surface area contributed by atoms with Crippen molar-refractivity contribution in [3.8, 4) is 0 Å². The molecule has 0 saturated carbocycles. The monoisotopic (exact) mass is 215 g/mol. The largest absolute Gasteiger partial charge is 0.467 e. The van der Waals surface area contributed by atoms with Gasteiger partial charge in [0.05, 0.1) is 12.8 Å². The summed E-state index contributed by atoms with van der Waals surface area (Å²) < 4.78 is 5.27. The number of benzene rings is 1. The molecule has 1 aromatic heterocycles. The van der Waals surface area contributed by atoms with Gasteiger partial charge in [-0.3, -0.25) is 0 Å². The number of anilines is 1. The summed E-state index contributed by atoms with van der Waals surface area (Å²) >= 11 is 0. The molecule has 0 aliphatic heterocycles. The summed E-state index contributed by atoms with van der Waals surface area (Å²) in [5, 5.41) is 3.35. The molecular formula is C14H17NO. The summed E-state index contributed by atoms with van der Waals surface area (Å²) in [7, 11) is 0. The van der Waals surface area contributed by atoms with Crippen LogP contribution in [0.1, 0.15) is 31.1 Å². The molecule has 2 aromatic rings. The van der Waals surface area contributed by atoms with E-state index in [-0.39, 0.29) is 0 Å². The molecule has 0 saturated heterocycles. The second-order valence-corrected chi connectivity index (χ2v) is 4.21. The van der Waals surface area contributed by atoms with E-state index < -0.39 is 0 Å². The van der Waals surface area contributed by atoms with Crippen LogP contribution in [0.4, 0.5) is 5.69 Å². The maximum Gasteiger partial charge on any atom is 0.122 e. The van der Waals surface area contributed by atoms with E-state index in [1.165, 1.54) is 5.56 Å². The van der Waals surface area contributed by atoms with Crippen molar-refractivity contribution < 1.29 is 4.42 Å². The smallest absolute Gasteiger partial charge is 0.122 e. The molecule has 1 N–H and O–H groups in total. The van der Waals surface area contributed by atoms with Crippen molar-refractivity contribution >= 4 is 5.69 Å². The van der Waals surface area contributed by atoms with Crippen LogP contribution in [0.2, 0.25) is 0 Å². The maximum absolute atomic E-state index is 5.27. The van der Waals surface area contributed by atoms with Gasteiger partial charge in [0.15, 0.2) is 0 Å². The fraction of sp³-hybridized carbons (Fsp3) is 0.286.